The summed E-state index contributed by atoms with van der Waals surface area (Å²) in [5.74, 6) is 0. The maximum absolute atomic E-state index is 2.39. The van der Waals surface area contributed by atoms with Crippen molar-refractivity contribution in [1.82, 2.24) is 0 Å². The van der Waals surface area contributed by atoms with Gasteiger partial charge in [-0.2, -0.15) is 0 Å². The molecule has 2 rings (SSSR count). The first kappa shape index (κ1) is 12.2. The minimum atomic E-state index is -0.227. The van der Waals surface area contributed by atoms with Crippen LogP contribution in [0.25, 0.3) is 6.08 Å². The molecular weight excluding hydrogens is 195 g/mol. The summed E-state index contributed by atoms with van der Waals surface area (Å²) >= 11 is 0. The summed E-state index contributed by atoms with van der Waals surface area (Å²) in [5.41, 5.74) is 5.18. The van der Waals surface area contributed by atoms with Gasteiger partial charge in [0.15, 0.2) is 0 Å². The monoisotopic (exact) mass is 210 g/mol. The van der Waals surface area contributed by atoms with E-state index in [4.69, 9.17) is 0 Å². The first-order chi connectivity index (χ1) is 6.20. The van der Waals surface area contributed by atoms with E-state index in [1.807, 2.05) is 0 Å². The van der Waals surface area contributed by atoms with Crippen molar-refractivity contribution in [2.75, 3.05) is 0 Å². The van der Waals surface area contributed by atoms with Crippen LogP contribution in [0.5, 0.6) is 0 Å². The molecule has 1 atom stereocenters. The second-order valence-electron chi connectivity index (χ2n) is 3.99. The number of allylic oxidation sites excluding steroid dienone is 1. The zero-order chi connectivity index (χ0) is 9.42. The number of hydrogen-bond donors (Lipinski definition) is 0. The van der Waals surface area contributed by atoms with Crippen LogP contribution in [0.1, 0.15) is 22.2 Å². The van der Waals surface area contributed by atoms with Crippen molar-refractivity contribution in [1.29, 1.82) is 0 Å². The SMILES string of the molecule is Cc1cccc2c1C=CC2[Si](C)C.[Na+]. The zero-order valence-electron chi connectivity index (χ0n) is 9.46. The Hall–Kier alpha value is 0.177. The van der Waals surface area contributed by atoms with Crippen molar-refractivity contribution in [2.45, 2.75) is 25.6 Å². The number of rotatable bonds is 1. The maximum atomic E-state index is 2.39. The van der Waals surface area contributed by atoms with Crippen LogP contribution in [0.4, 0.5) is 0 Å². The number of fused-ring (bicyclic) bond motifs is 1. The smallest absolute Gasteiger partial charge is 0.0794 e. The maximum Gasteiger partial charge on any atom is 1.00 e. The molecule has 0 aliphatic heterocycles. The molecule has 0 nitrogen and oxygen atoms in total. The van der Waals surface area contributed by atoms with Crippen molar-refractivity contribution < 1.29 is 29.6 Å². The molecule has 0 amide bonds. The molecule has 0 bridgehead atoms. The molecule has 0 spiro atoms. The van der Waals surface area contributed by atoms with E-state index >= 15 is 0 Å². The Morgan fingerprint density at radius 1 is 1.21 bits per heavy atom. The van der Waals surface area contributed by atoms with Crippen molar-refractivity contribution in [3.8, 4) is 0 Å². The van der Waals surface area contributed by atoms with Gasteiger partial charge in [-0.25, -0.2) is 0 Å². The van der Waals surface area contributed by atoms with E-state index < -0.39 is 0 Å². The molecule has 67 valence electrons. The van der Waals surface area contributed by atoms with Crippen LogP contribution in [-0.4, -0.2) is 8.80 Å². The Morgan fingerprint density at radius 2 is 1.93 bits per heavy atom. The molecule has 1 unspecified atom stereocenters. The average molecular weight is 210 g/mol. The summed E-state index contributed by atoms with van der Waals surface area (Å²) in [6, 6.07) is 6.66. The van der Waals surface area contributed by atoms with E-state index in [-0.39, 0.29) is 38.4 Å². The predicted molar refractivity (Wildman–Crippen MR) is 60.4 cm³/mol. The molecule has 14 heavy (non-hydrogen) atoms. The van der Waals surface area contributed by atoms with E-state index in [9.17, 15) is 0 Å². The third kappa shape index (κ3) is 2.06. The Labute approximate surface area is 110 Å². The normalized spacial score (nSPS) is 18.1. The Kier molecular flexibility index (Phi) is 4.20. The van der Waals surface area contributed by atoms with Crippen molar-refractivity contribution in [2.24, 2.45) is 0 Å². The molecule has 1 radical (unpaired) electrons. The van der Waals surface area contributed by atoms with Crippen LogP contribution in [0, 0.1) is 6.92 Å². The summed E-state index contributed by atoms with van der Waals surface area (Å²) in [6.45, 7) is 6.97. The standard InChI is InChI=1S/C12H15Si.Na/c1-9-5-4-6-11-10(9)7-8-12(11)13(2)3;/h4-8,12H,1-3H3;/q;+1. The van der Waals surface area contributed by atoms with E-state index in [2.05, 4.69) is 50.4 Å². The fourth-order valence-corrected chi connectivity index (χ4v) is 3.36. The molecular formula is C12H15NaSi+. The van der Waals surface area contributed by atoms with E-state index in [1.165, 1.54) is 11.1 Å². The summed E-state index contributed by atoms with van der Waals surface area (Å²) in [6.07, 6.45) is 4.68. The Bertz CT molecular complexity index is 355. The number of hydrogen-bond acceptors (Lipinski definition) is 0. The van der Waals surface area contributed by atoms with Crippen molar-refractivity contribution in [3.05, 3.63) is 41.0 Å². The van der Waals surface area contributed by atoms with Crippen LogP contribution < -0.4 is 29.6 Å². The largest absolute Gasteiger partial charge is 1.00 e. The fraction of sp³-hybridized carbons (Fsp3) is 0.333. The predicted octanol–water partition coefficient (Wildman–Crippen LogP) is 0.403. The van der Waals surface area contributed by atoms with Gasteiger partial charge in [0.2, 0.25) is 0 Å². The van der Waals surface area contributed by atoms with Crippen LogP contribution in [0.2, 0.25) is 13.1 Å². The van der Waals surface area contributed by atoms with Gasteiger partial charge in [0.25, 0.3) is 0 Å². The summed E-state index contributed by atoms with van der Waals surface area (Å²) in [5, 5.41) is 0. The Balaban J connectivity index is 0.000000980. The van der Waals surface area contributed by atoms with Crippen molar-refractivity contribution in [3.63, 3.8) is 0 Å². The van der Waals surface area contributed by atoms with E-state index in [0.29, 0.717) is 0 Å². The second kappa shape index (κ2) is 4.80. The minimum Gasteiger partial charge on any atom is -0.0794 e. The first-order valence-corrected chi connectivity index (χ1v) is 7.35. The van der Waals surface area contributed by atoms with Crippen LogP contribution >= 0.6 is 0 Å². The van der Waals surface area contributed by atoms with Gasteiger partial charge in [0, 0.05) is 0 Å². The van der Waals surface area contributed by atoms with Crippen LogP contribution in [-0.2, 0) is 0 Å². The zero-order valence-corrected chi connectivity index (χ0v) is 12.5. The van der Waals surface area contributed by atoms with E-state index in [1.54, 1.807) is 5.56 Å². The number of benzene rings is 1. The summed E-state index contributed by atoms with van der Waals surface area (Å²) in [7, 11) is -0.227. The van der Waals surface area contributed by atoms with Gasteiger partial charge in [-0.3, -0.25) is 0 Å². The molecule has 0 saturated heterocycles. The molecule has 0 N–H and O–H groups in total. The van der Waals surface area contributed by atoms with Gasteiger partial charge in [-0.05, 0) is 29.2 Å². The van der Waals surface area contributed by atoms with Crippen LogP contribution in [0.15, 0.2) is 24.3 Å². The number of aryl methyl sites for hydroxylation is 1. The molecule has 0 aromatic heterocycles. The third-order valence-electron chi connectivity index (χ3n) is 2.77. The Morgan fingerprint density at radius 3 is 2.57 bits per heavy atom. The average Bonchev–Trinajstić information content (AvgIpc) is 2.48. The van der Waals surface area contributed by atoms with Gasteiger partial charge in [-0.15, -0.1) is 0 Å². The molecule has 1 aromatic carbocycles. The van der Waals surface area contributed by atoms with Crippen LogP contribution in [0.3, 0.4) is 0 Å². The quantitative estimate of drug-likeness (QED) is 0.589. The van der Waals surface area contributed by atoms with Gasteiger partial charge in [0.05, 0.1) is 8.80 Å². The summed E-state index contributed by atoms with van der Waals surface area (Å²) in [4.78, 5) is 0. The minimum absolute atomic E-state index is 0. The molecule has 1 aliphatic carbocycles. The van der Waals surface area contributed by atoms with Crippen molar-refractivity contribution >= 4 is 14.9 Å². The second-order valence-corrected chi connectivity index (χ2v) is 6.77. The molecule has 0 saturated carbocycles. The first-order valence-electron chi connectivity index (χ1n) is 4.78. The van der Waals surface area contributed by atoms with Gasteiger partial charge in [-0.1, -0.05) is 43.4 Å². The van der Waals surface area contributed by atoms with E-state index in [0.717, 1.165) is 5.54 Å². The van der Waals surface area contributed by atoms with Gasteiger partial charge < -0.3 is 0 Å². The molecule has 2 heteroatoms. The summed E-state index contributed by atoms with van der Waals surface area (Å²) < 4.78 is 0. The molecule has 0 heterocycles. The van der Waals surface area contributed by atoms with Gasteiger partial charge >= 0.3 is 29.6 Å². The molecule has 0 fully saturated rings. The van der Waals surface area contributed by atoms with Gasteiger partial charge in [0.1, 0.15) is 0 Å². The fourth-order valence-electron chi connectivity index (χ4n) is 2.00. The molecule has 1 aliphatic rings. The molecule has 1 aromatic rings. The third-order valence-corrected chi connectivity index (χ3v) is 4.52. The topological polar surface area (TPSA) is 0 Å².